The quantitative estimate of drug-likeness (QED) is 0.539. The molecule has 0 aliphatic carbocycles. The first kappa shape index (κ1) is 19.7. The second-order valence-corrected chi connectivity index (χ2v) is 9.32. The number of benzene rings is 2. The SMILES string of the molecule is COc1ccc(-c2nnc(SCCS(=O)(=O)c3ccc(Cl)cc3)n2C)cc1. The van der Waals surface area contributed by atoms with E-state index in [0.29, 0.717) is 21.8 Å². The van der Waals surface area contributed by atoms with Crippen molar-refractivity contribution in [2.24, 2.45) is 7.05 Å². The zero-order valence-electron chi connectivity index (χ0n) is 14.8. The van der Waals surface area contributed by atoms with E-state index in [1.54, 1.807) is 19.2 Å². The lowest BCUT2D eigenvalue weighted by molar-refractivity contribution is 0.415. The van der Waals surface area contributed by atoms with Crippen molar-refractivity contribution in [1.29, 1.82) is 0 Å². The Hall–Kier alpha value is -2.03. The molecule has 0 saturated heterocycles. The van der Waals surface area contributed by atoms with Crippen molar-refractivity contribution < 1.29 is 13.2 Å². The maximum Gasteiger partial charge on any atom is 0.191 e. The van der Waals surface area contributed by atoms with E-state index < -0.39 is 9.84 Å². The maximum atomic E-state index is 12.4. The standard InChI is InChI=1S/C18H18ClN3O3S2/c1-22-17(13-3-7-15(25-2)8-4-13)20-21-18(22)26-11-12-27(23,24)16-9-5-14(19)6-10-16/h3-10H,11-12H2,1-2H3. The lowest BCUT2D eigenvalue weighted by Gasteiger charge is -2.06. The molecule has 0 unspecified atom stereocenters. The summed E-state index contributed by atoms with van der Waals surface area (Å²) >= 11 is 7.16. The Bertz CT molecular complexity index is 1020. The smallest absolute Gasteiger partial charge is 0.191 e. The number of halogens is 1. The van der Waals surface area contributed by atoms with E-state index in [1.165, 1.54) is 23.9 Å². The Morgan fingerprint density at radius 1 is 1.07 bits per heavy atom. The molecule has 1 heterocycles. The molecule has 0 aliphatic heterocycles. The molecule has 0 aliphatic rings. The van der Waals surface area contributed by atoms with E-state index in [9.17, 15) is 8.42 Å². The van der Waals surface area contributed by atoms with Gasteiger partial charge in [0.25, 0.3) is 0 Å². The number of ether oxygens (including phenoxy) is 1. The number of rotatable bonds is 7. The molecule has 9 heteroatoms. The van der Waals surface area contributed by atoms with E-state index in [2.05, 4.69) is 10.2 Å². The van der Waals surface area contributed by atoms with E-state index in [-0.39, 0.29) is 10.6 Å². The fourth-order valence-electron chi connectivity index (χ4n) is 2.43. The zero-order chi connectivity index (χ0) is 19.4. The monoisotopic (exact) mass is 423 g/mol. The normalized spacial score (nSPS) is 11.5. The summed E-state index contributed by atoms with van der Waals surface area (Å²) in [5, 5.41) is 9.55. The Labute approximate surface area is 167 Å². The van der Waals surface area contributed by atoms with Gasteiger partial charge in [-0.3, -0.25) is 0 Å². The van der Waals surface area contributed by atoms with Crippen LogP contribution >= 0.6 is 23.4 Å². The minimum atomic E-state index is -3.36. The minimum Gasteiger partial charge on any atom is -0.497 e. The highest BCUT2D eigenvalue weighted by atomic mass is 35.5. The molecule has 0 saturated carbocycles. The van der Waals surface area contributed by atoms with Crippen LogP contribution in [0.2, 0.25) is 5.02 Å². The van der Waals surface area contributed by atoms with Gasteiger partial charge in [-0.15, -0.1) is 10.2 Å². The summed E-state index contributed by atoms with van der Waals surface area (Å²) in [5.41, 5.74) is 0.909. The fraction of sp³-hybridized carbons (Fsp3) is 0.222. The first-order valence-corrected chi connectivity index (χ1v) is 11.1. The number of nitrogens with zero attached hydrogens (tertiary/aromatic N) is 3. The molecule has 0 radical (unpaired) electrons. The summed E-state index contributed by atoms with van der Waals surface area (Å²) in [7, 11) is 0.108. The summed E-state index contributed by atoms with van der Waals surface area (Å²) in [6, 6.07) is 13.7. The second kappa shape index (κ2) is 8.33. The van der Waals surface area contributed by atoms with Crippen LogP contribution in [-0.4, -0.2) is 41.8 Å². The number of hydrogen-bond acceptors (Lipinski definition) is 6. The third-order valence-electron chi connectivity index (χ3n) is 3.94. The highest BCUT2D eigenvalue weighted by Crippen LogP contribution is 2.25. The molecular formula is C18H18ClN3O3S2. The number of methoxy groups -OCH3 is 1. The Balaban J connectivity index is 1.66. The summed E-state index contributed by atoms with van der Waals surface area (Å²) < 4.78 is 31.8. The van der Waals surface area contributed by atoms with Crippen molar-refractivity contribution in [3.63, 3.8) is 0 Å². The topological polar surface area (TPSA) is 74.1 Å². The Morgan fingerprint density at radius 3 is 2.37 bits per heavy atom. The molecule has 0 atom stereocenters. The predicted octanol–water partition coefficient (Wildman–Crippen LogP) is 3.71. The van der Waals surface area contributed by atoms with Crippen molar-refractivity contribution in [3.05, 3.63) is 53.6 Å². The molecule has 6 nitrogen and oxygen atoms in total. The largest absolute Gasteiger partial charge is 0.497 e. The second-order valence-electron chi connectivity index (χ2n) is 5.71. The van der Waals surface area contributed by atoms with Crippen molar-refractivity contribution in [2.75, 3.05) is 18.6 Å². The first-order chi connectivity index (χ1) is 12.9. The lowest BCUT2D eigenvalue weighted by Crippen LogP contribution is -2.09. The molecule has 3 aromatic rings. The number of sulfone groups is 1. The van der Waals surface area contributed by atoms with Gasteiger partial charge >= 0.3 is 0 Å². The van der Waals surface area contributed by atoms with Crippen molar-refractivity contribution >= 4 is 33.2 Å². The highest BCUT2D eigenvalue weighted by molar-refractivity contribution is 8.00. The average molecular weight is 424 g/mol. The van der Waals surface area contributed by atoms with Crippen LogP contribution in [0, 0.1) is 0 Å². The third-order valence-corrected chi connectivity index (χ3v) is 7.20. The van der Waals surface area contributed by atoms with Gasteiger partial charge in [-0.25, -0.2) is 8.42 Å². The van der Waals surface area contributed by atoms with Gasteiger partial charge in [0.05, 0.1) is 17.8 Å². The van der Waals surface area contributed by atoms with E-state index in [1.807, 2.05) is 35.9 Å². The van der Waals surface area contributed by atoms with Gasteiger partial charge in [-0.1, -0.05) is 23.4 Å². The summed E-state index contributed by atoms with van der Waals surface area (Å²) in [4.78, 5) is 0.268. The van der Waals surface area contributed by atoms with Crippen molar-refractivity contribution in [3.8, 4) is 17.1 Å². The minimum absolute atomic E-state index is 0.00400. The van der Waals surface area contributed by atoms with Crippen LogP contribution in [0.4, 0.5) is 0 Å². The van der Waals surface area contributed by atoms with Crippen LogP contribution in [0.15, 0.2) is 58.6 Å². The van der Waals surface area contributed by atoms with Crippen LogP contribution in [-0.2, 0) is 16.9 Å². The molecule has 3 rings (SSSR count). The summed E-state index contributed by atoms with van der Waals surface area (Å²) in [6.07, 6.45) is 0. The summed E-state index contributed by atoms with van der Waals surface area (Å²) in [5.74, 6) is 1.85. The molecule has 0 spiro atoms. The van der Waals surface area contributed by atoms with Gasteiger partial charge in [-0.2, -0.15) is 0 Å². The van der Waals surface area contributed by atoms with Crippen LogP contribution in [0.5, 0.6) is 5.75 Å². The van der Waals surface area contributed by atoms with Gasteiger partial charge in [0.2, 0.25) is 0 Å². The van der Waals surface area contributed by atoms with Crippen LogP contribution in [0.3, 0.4) is 0 Å². The third kappa shape index (κ3) is 4.63. The first-order valence-electron chi connectivity index (χ1n) is 8.05. The van der Waals surface area contributed by atoms with E-state index in [4.69, 9.17) is 16.3 Å². The van der Waals surface area contributed by atoms with Gasteiger partial charge in [0, 0.05) is 23.4 Å². The lowest BCUT2D eigenvalue weighted by atomic mass is 10.2. The van der Waals surface area contributed by atoms with Crippen molar-refractivity contribution in [1.82, 2.24) is 14.8 Å². The fourth-order valence-corrected chi connectivity index (χ4v) is 5.12. The van der Waals surface area contributed by atoms with Crippen LogP contribution in [0.25, 0.3) is 11.4 Å². The van der Waals surface area contributed by atoms with Gasteiger partial charge in [0.15, 0.2) is 20.8 Å². The zero-order valence-corrected chi connectivity index (χ0v) is 17.2. The number of aromatic nitrogens is 3. The van der Waals surface area contributed by atoms with Crippen molar-refractivity contribution in [2.45, 2.75) is 10.1 Å². The number of hydrogen-bond donors (Lipinski definition) is 0. The summed E-state index contributed by atoms with van der Waals surface area (Å²) in [6.45, 7) is 0. The highest BCUT2D eigenvalue weighted by Gasteiger charge is 2.16. The maximum absolute atomic E-state index is 12.4. The van der Waals surface area contributed by atoms with Crippen LogP contribution in [0.1, 0.15) is 0 Å². The molecule has 0 fully saturated rings. The number of thioether (sulfide) groups is 1. The molecule has 0 N–H and O–H groups in total. The van der Waals surface area contributed by atoms with Gasteiger partial charge in [-0.05, 0) is 48.5 Å². The van der Waals surface area contributed by atoms with E-state index in [0.717, 1.165) is 11.3 Å². The van der Waals surface area contributed by atoms with Crippen LogP contribution < -0.4 is 4.74 Å². The molecule has 0 bridgehead atoms. The van der Waals surface area contributed by atoms with Gasteiger partial charge < -0.3 is 9.30 Å². The molecule has 1 aromatic heterocycles. The molecule has 2 aromatic carbocycles. The molecule has 27 heavy (non-hydrogen) atoms. The Kier molecular flexibility index (Phi) is 6.08. The molecular weight excluding hydrogens is 406 g/mol. The molecule has 0 amide bonds. The average Bonchev–Trinajstić information content (AvgIpc) is 3.03. The predicted molar refractivity (Wildman–Crippen MR) is 107 cm³/mol. The van der Waals surface area contributed by atoms with Gasteiger partial charge in [0.1, 0.15) is 5.75 Å². The Morgan fingerprint density at radius 2 is 1.74 bits per heavy atom. The molecule has 142 valence electrons. The van der Waals surface area contributed by atoms with E-state index >= 15 is 0 Å².